The second-order valence-corrected chi connectivity index (χ2v) is 10.8. The zero-order chi connectivity index (χ0) is 33.0. The van der Waals surface area contributed by atoms with Crippen molar-refractivity contribution in [3.8, 4) is 16.9 Å². The number of ether oxygens (including phenoxy) is 2. The molecular weight excluding hydrogens is 612 g/mol. The number of hydrogen-bond acceptors (Lipinski definition) is 3. The standard InChI is InChI=1S/C30H25F10NO3/c1-15(2)22-11-23(25(43-4)12-24(22)31)21-6-5-17(28(32,33)34)7-16(21)13-41-26(42)44-14-27(41,3)18-8-19(29(35,36)37)10-20(9-18)30(38,39)40/h5-12,15H,13-14H2,1-4H3/t27-/m1/s1. The Morgan fingerprint density at radius 1 is 0.841 bits per heavy atom. The number of methoxy groups -OCH3 is 1. The normalized spacial score (nSPS) is 17.8. The molecular formula is C30H25F10NO3. The number of cyclic esters (lactones) is 1. The summed E-state index contributed by atoms with van der Waals surface area (Å²) in [6.45, 7) is 3.08. The van der Waals surface area contributed by atoms with Crippen molar-refractivity contribution in [1.82, 2.24) is 4.90 Å². The molecule has 0 radical (unpaired) electrons. The van der Waals surface area contributed by atoms with Crippen LogP contribution in [-0.2, 0) is 35.3 Å². The predicted octanol–water partition coefficient (Wildman–Crippen LogP) is 9.55. The highest BCUT2D eigenvalue weighted by Gasteiger charge is 2.48. The second kappa shape index (κ2) is 11.2. The molecule has 1 saturated heterocycles. The minimum atomic E-state index is -5.19. The highest BCUT2D eigenvalue weighted by Crippen LogP contribution is 2.45. The molecule has 4 nitrogen and oxygen atoms in total. The van der Waals surface area contributed by atoms with Crippen molar-refractivity contribution in [2.45, 2.75) is 57.3 Å². The first kappa shape index (κ1) is 32.9. The SMILES string of the molecule is COc1cc(F)c(C(C)C)cc1-c1ccc(C(F)(F)F)cc1CN1C(=O)OC[C@]1(C)c1cc(C(F)(F)F)cc(C(F)(F)F)c1. The predicted molar refractivity (Wildman–Crippen MR) is 138 cm³/mol. The molecule has 1 atom stereocenters. The van der Waals surface area contributed by atoms with E-state index in [1.54, 1.807) is 13.8 Å². The molecule has 0 saturated carbocycles. The molecule has 0 bridgehead atoms. The fourth-order valence-corrected chi connectivity index (χ4v) is 5.03. The Morgan fingerprint density at radius 3 is 1.91 bits per heavy atom. The zero-order valence-corrected chi connectivity index (χ0v) is 23.6. The van der Waals surface area contributed by atoms with Gasteiger partial charge in [0.15, 0.2) is 0 Å². The highest BCUT2D eigenvalue weighted by molar-refractivity contribution is 5.77. The van der Waals surface area contributed by atoms with Crippen LogP contribution in [0, 0.1) is 5.82 Å². The third-order valence-corrected chi connectivity index (χ3v) is 7.49. The van der Waals surface area contributed by atoms with Gasteiger partial charge in [0.25, 0.3) is 0 Å². The Balaban J connectivity index is 1.93. The molecule has 1 amide bonds. The van der Waals surface area contributed by atoms with Gasteiger partial charge >= 0.3 is 24.6 Å². The molecule has 3 aromatic rings. The highest BCUT2D eigenvalue weighted by atomic mass is 19.4. The van der Waals surface area contributed by atoms with E-state index in [1.807, 2.05) is 0 Å². The maximum absolute atomic E-state index is 14.7. The van der Waals surface area contributed by atoms with Crippen LogP contribution in [0.5, 0.6) is 5.75 Å². The van der Waals surface area contributed by atoms with Crippen molar-refractivity contribution in [2.75, 3.05) is 13.7 Å². The number of alkyl halides is 9. The molecule has 1 aliphatic heterocycles. The minimum Gasteiger partial charge on any atom is -0.496 e. The van der Waals surface area contributed by atoms with E-state index in [0.29, 0.717) is 18.2 Å². The van der Waals surface area contributed by atoms with Crippen LogP contribution in [0.2, 0.25) is 0 Å². The topological polar surface area (TPSA) is 38.8 Å². The van der Waals surface area contributed by atoms with Gasteiger partial charge in [-0.3, -0.25) is 4.90 Å². The van der Waals surface area contributed by atoms with Crippen molar-refractivity contribution >= 4 is 6.09 Å². The summed E-state index contributed by atoms with van der Waals surface area (Å²) in [4.78, 5) is 13.7. The molecule has 44 heavy (non-hydrogen) atoms. The quantitative estimate of drug-likeness (QED) is 0.253. The van der Waals surface area contributed by atoms with Gasteiger partial charge in [0.05, 0.1) is 30.3 Å². The first-order valence-electron chi connectivity index (χ1n) is 13.0. The smallest absolute Gasteiger partial charge is 0.416 e. The van der Waals surface area contributed by atoms with Crippen LogP contribution in [0.25, 0.3) is 11.1 Å². The van der Waals surface area contributed by atoms with Crippen molar-refractivity contribution in [2.24, 2.45) is 0 Å². The first-order valence-corrected chi connectivity index (χ1v) is 13.0. The average molecular weight is 638 g/mol. The van der Waals surface area contributed by atoms with E-state index in [9.17, 15) is 48.7 Å². The molecule has 0 N–H and O–H groups in total. The maximum atomic E-state index is 14.7. The lowest BCUT2D eigenvalue weighted by molar-refractivity contribution is -0.143. The second-order valence-electron chi connectivity index (χ2n) is 10.8. The van der Waals surface area contributed by atoms with Crippen LogP contribution in [0.15, 0.2) is 48.5 Å². The zero-order valence-electron chi connectivity index (χ0n) is 23.6. The van der Waals surface area contributed by atoms with Crippen LogP contribution in [0.4, 0.5) is 48.7 Å². The van der Waals surface area contributed by atoms with E-state index in [4.69, 9.17) is 9.47 Å². The molecule has 0 unspecified atom stereocenters. The molecule has 1 heterocycles. The fourth-order valence-electron chi connectivity index (χ4n) is 5.03. The van der Waals surface area contributed by atoms with Crippen LogP contribution in [-0.4, -0.2) is 24.7 Å². The largest absolute Gasteiger partial charge is 0.496 e. The number of benzene rings is 3. The van der Waals surface area contributed by atoms with Crippen molar-refractivity contribution in [3.63, 3.8) is 0 Å². The molecule has 4 rings (SSSR count). The number of carbonyl (C=O) groups excluding carboxylic acids is 1. The fraction of sp³-hybridized carbons (Fsp3) is 0.367. The monoisotopic (exact) mass is 637 g/mol. The summed E-state index contributed by atoms with van der Waals surface area (Å²) in [5, 5.41) is 0. The Kier molecular flexibility index (Phi) is 8.37. The number of hydrogen-bond donors (Lipinski definition) is 0. The summed E-state index contributed by atoms with van der Waals surface area (Å²) < 4.78 is 148. The van der Waals surface area contributed by atoms with E-state index in [1.165, 1.54) is 13.2 Å². The lowest BCUT2D eigenvalue weighted by Gasteiger charge is -2.34. The van der Waals surface area contributed by atoms with Gasteiger partial charge in [0.2, 0.25) is 0 Å². The van der Waals surface area contributed by atoms with Crippen LogP contribution in [0.1, 0.15) is 60.1 Å². The molecule has 0 spiro atoms. The minimum absolute atomic E-state index is 0.0545. The van der Waals surface area contributed by atoms with Gasteiger partial charge < -0.3 is 9.47 Å². The summed E-state index contributed by atoms with van der Waals surface area (Å²) in [6.07, 6.45) is -16.4. The van der Waals surface area contributed by atoms with Gasteiger partial charge in [0, 0.05) is 11.6 Å². The van der Waals surface area contributed by atoms with Crippen molar-refractivity contribution in [1.29, 1.82) is 0 Å². The third kappa shape index (κ3) is 6.29. The summed E-state index contributed by atoms with van der Waals surface area (Å²) in [6, 6.07) is 5.74. The average Bonchev–Trinajstić information content (AvgIpc) is 3.20. The molecule has 1 aliphatic rings. The number of rotatable bonds is 6. The molecule has 1 fully saturated rings. The van der Waals surface area contributed by atoms with Crippen LogP contribution >= 0.6 is 0 Å². The van der Waals surface area contributed by atoms with E-state index in [0.717, 1.165) is 30.0 Å². The number of amides is 1. The lowest BCUT2D eigenvalue weighted by Crippen LogP contribution is -2.42. The van der Waals surface area contributed by atoms with E-state index >= 15 is 0 Å². The van der Waals surface area contributed by atoms with E-state index < -0.39 is 71.4 Å². The summed E-state index contributed by atoms with van der Waals surface area (Å²) in [5.74, 6) is -1.07. The van der Waals surface area contributed by atoms with Crippen molar-refractivity contribution < 1.29 is 58.2 Å². The summed E-state index contributed by atoms with van der Waals surface area (Å²) >= 11 is 0. The van der Waals surface area contributed by atoms with Crippen LogP contribution in [0.3, 0.4) is 0 Å². The number of halogens is 10. The third-order valence-electron chi connectivity index (χ3n) is 7.49. The van der Waals surface area contributed by atoms with Gasteiger partial charge in [-0.1, -0.05) is 19.9 Å². The Bertz CT molecular complexity index is 1540. The number of carbonyl (C=O) groups is 1. The summed E-state index contributed by atoms with van der Waals surface area (Å²) in [7, 11) is 1.21. The molecule has 3 aromatic carbocycles. The van der Waals surface area contributed by atoms with Crippen molar-refractivity contribution in [3.05, 3.63) is 87.7 Å². The molecule has 0 aromatic heterocycles. The van der Waals surface area contributed by atoms with Gasteiger partial charge in [-0.15, -0.1) is 0 Å². The van der Waals surface area contributed by atoms with Gasteiger partial charge in [-0.25, -0.2) is 9.18 Å². The first-order chi connectivity index (χ1) is 20.2. The summed E-state index contributed by atoms with van der Waals surface area (Å²) in [5.41, 5.74) is -6.80. The molecule has 0 aliphatic carbocycles. The van der Waals surface area contributed by atoms with E-state index in [-0.39, 0.29) is 40.0 Å². The van der Waals surface area contributed by atoms with Gasteiger partial charge in [0.1, 0.15) is 23.7 Å². The van der Waals surface area contributed by atoms with Crippen LogP contribution < -0.4 is 4.74 Å². The number of nitrogens with zero attached hydrogens (tertiary/aromatic N) is 1. The molecule has 238 valence electrons. The Morgan fingerprint density at radius 2 is 1.41 bits per heavy atom. The molecule has 14 heteroatoms. The van der Waals surface area contributed by atoms with E-state index in [2.05, 4.69) is 0 Å². The maximum Gasteiger partial charge on any atom is 0.416 e. The Hall–Kier alpha value is -3.97. The Labute approximate surface area is 245 Å². The van der Waals surface area contributed by atoms with Gasteiger partial charge in [-0.2, -0.15) is 39.5 Å². The lowest BCUT2D eigenvalue weighted by atomic mass is 9.87. The van der Waals surface area contributed by atoms with Gasteiger partial charge in [-0.05, 0) is 71.5 Å².